The molecular weight excluding hydrogens is 363 g/mol. The summed E-state index contributed by atoms with van der Waals surface area (Å²) in [5, 5.41) is 2.51. The van der Waals surface area contributed by atoms with Crippen molar-refractivity contribution in [2.24, 2.45) is 0 Å². The Labute approximate surface area is 161 Å². The van der Waals surface area contributed by atoms with Crippen molar-refractivity contribution in [3.05, 3.63) is 78.1 Å². The van der Waals surface area contributed by atoms with Crippen molar-refractivity contribution in [2.75, 3.05) is 6.54 Å². The SMILES string of the molecule is O=C(CCc1ncc(-c2ccc(F)cc2)o1)NCC(=O)OCc1ccccc1. The minimum absolute atomic E-state index is 0.120. The van der Waals surface area contributed by atoms with Gasteiger partial charge in [0.1, 0.15) is 19.0 Å². The van der Waals surface area contributed by atoms with Gasteiger partial charge in [-0.3, -0.25) is 9.59 Å². The van der Waals surface area contributed by atoms with Crippen LogP contribution >= 0.6 is 0 Å². The Balaban J connectivity index is 1.38. The summed E-state index contributed by atoms with van der Waals surface area (Å²) < 4.78 is 23.6. The average molecular weight is 382 g/mol. The van der Waals surface area contributed by atoms with E-state index in [0.29, 0.717) is 17.2 Å². The molecule has 1 heterocycles. The molecule has 1 amide bonds. The van der Waals surface area contributed by atoms with Crippen molar-refractivity contribution in [3.8, 4) is 11.3 Å². The van der Waals surface area contributed by atoms with Gasteiger partial charge >= 0.3 is 5.97 Å². The number of hydrogen-bond donors (Lipinski definition) is 1. The molecule has 0 aliphatic rings. The first kappa shape index (κ1) is 19.3. The maximum absolute atomic E-state index is 13.0. The van der Waals surface area contributed by atoms with Gasteiger partial charge in [-0.15, -0.1) is 0 Å². The number of hydrogen-bond acceptors (Lipinski definition) is 5. The van der Waals surface area contributed by atoms with Crippen molar-refractivity contribution < 1.29 is 23.1 Å². The number of nitrogens with one attached hydrogen (secondary N) is 1. The van der Waals surface area contributed by atoms with Gasteiger partial charge in [0.05, 0.1) is 6.20 Å². The molecule has 0 spiro atoms. The lowest BCUT2D eigenvalue weighted by Gasteiger charge is -2.06. The Morgan fingerprint density at radius 2 is 1.82 bits per heavy atom. The number of nitrogens with zero attached hydrogens (tertiary/aromatic N) is 1. The second-order valence-electron chi connectivity index (χ2n) is 6.05. The summed E-state index contributed by atoms with van der Waals surface area (Å²) in [6, 6.07) is 15.1. The molecule has 0 bridgehead atoms. The van der Waals surface area contributed by atoms with Crippen LogP contribution in [0.3, 0.4) is 0 Å². The monoisotopic (exact) mass is 382 g/mol. The highest BCUT2D eigenvalue weighted by Crippen LogP contribution is 2.21. The Morgan fingerprint density at radius 1 is 1.07 bits per heavy atom. The van der Waals surface area contributed by atoms with Crippen LogP contribution in [-0.2, 0) is 27.4 Å². The molecule has 3 aromatic rings. The summed E-state index contributed by atoms with van der Waals surface area (Å²) >= 11 is 0. The fourth-order valence-electron chi connectivity index (χ4n) is 2.44. The number of amides is 1. The summed E-state index contributed by atoms with van der Waals surface area (Å²) in [5.41, 5.74) is 1.58. The molecule has 0 atom stereocenters. The molecule has 0 unspecified atom stereocenters. The Bertz CT molecular complexity index is 923. The third-order valence-electron chi connectivity index (χ3n) is 3.92. The molecule has 0 saturated heterocycles. The number of oxazole rings is 1. The molecule has 0 saturated carbocycles. The predicted molar refractivity (Wildman–Crippen MR) is 99.5 cm³/mol. The number of aryl methyl sites for hydroxylation is 1. The lowest BCUT2D eigenvalue weighted by atomic mass is 10.2. The van der Waals surface area contributed by atoms with Crippen molar-refractivity contribution in [1.82, 2.24) is 10.3 Å². The quantitative estimate of drug-likeness (QED) is 0.605. The molecule has 2 aromatic carbocycles. The molecule has 6 nitrogen and oxygen atoms in total. The molecule has 0 radical (unpaired) electrons. The van der Waals surface area contributed by atoms with Crippen molar-refractivity contribution >= 4 is 11.9 Å². The van der Waals surface area contributed by atoms with E-state index in [0.717, 1.165) is 5.56 Å². The molecular formula is C21H19FN2O4. The summed E-state index contributed by atoms with van der Waals surface area (Å²) in [6.07, 6.45) is 1.93. The van der Waals surface area contributed by atoms with Gasteiger partial charge in [0.15, 0.2) is 11.7 Å². The van der Waals surface area contributed by atoms with Gasteiger partial charge in [-0.1, -0.05) is 30.3 Å². The number of esters is 1. The Kier molecular flexibility index (Phi) is 6.51. The maximum Gasteiger partial charge on any atom is 0.325 e. The normalized spacial score (nSPS) is 10.5. The molecule has 0 fully saturated rings. The number of rotatable bonds is 8. The number of halogens is 1. The third kappa shape index (κ3) is 5.77. The van der Waals surface area contributed by atoms with Gasteiger partial charge in [-0.25, -0.2) is 9.37 Å². The van der Waals surface area contributed by atoms with Gasteiger partial charge in [0.25, 0.3) is 0 Å². The van der Waals surface area contributed by atoms with E-state index in [4.69, 9.17) is 9.15 Å². The third-order valence-corrected chi connectivity index (χ3v) is 3.92. The molecule has 7 heteroatoms. The minimum atomic E-state index is -0.507. The lowest BCUT2D eigenvalue weighted by Crippen LogP contribution is -2.30. The first-order valence-electron chi connectivity index (χ1n) is 8.77. The minimum Gasteiger partial charge on any atom is -0.460 e. The van der Waals surface area contributed by atoms with E-state index >= 15 is 0 Å². The molecule has 1 aromatic heterocycles. The maximum atomic E-state index is 13.0. The van der Waals surface area contributed by atoms with Crippen molar-refractivity contribution in [2.45, 2.75) is 19.4 Å². The second-order valence-corrected chi connectivity index (χ2v) is 6.05. The average Bonchev–Trinajstić information content (AvgIpc) is 3.19. The predicted octanol–water partition coefficient (Wildman–Crippen LogP) is 3.27. The van der Waals surface area contributed by atoms with Crippen LogP contribution < -0.4 is 5.32 Å². The van der Waals surface area contributed by atoms with E-state index in [2.05, 4.69) is 10.3 Å². The largest absolute Gasteiger partial charge is 0.460 e. The Hall–Kier alpha value is -3.48. The summed E-state index contributed by atoms with van der Waals surface area (Å²) in [5.74, 6) is -0.256. The standard InChI is InChI=1S/C21H19FN2O4/c22-17-8-6-16(7-9-17)18-12-24-20(28-18)11-10-19(25)23-13-21(26)27-14-15-4-2-1-3-5-15/h1-9,12H,10-11,13-14H2,(H,23,25). The number of carbonyl (C=O) groups excluding carboxylic acids is 2. The molecule has 28 heavy (non-hydrogen) atoms. The zero-order chi connectivity index (χ0) is 19.8. The topological polar surface area (TPSA) is 81.4 Å². The summed E-state index contributed by atoms with van der Waals surface area (Å²) in [7, 11) is 0. The van der Waals surface area contributed by atoms with Crippen LogP contribution in [0.2, 0.25) is 0 Å². The number of carbonyl (C=O) groups is 2. The highest BCUT2D eigenvalue weighted by atomic mass is 19.1. The van der Waals surface area contributed by atoms with Crippen LogP contribution in [0, 0.1) is 5.82 Å². The van der Waals surface area contributed by atoms with E-state index in [1.165, 1.54) is 18.3 Å². The van der Waals surface area contributed by atoms with Crippen LogP contribution in [0.4, 0.5) is 4.39 Å². The van der Waals surface area contributed by atoms with Crippen LogP contribution in [0.15, 0.2) is 65.2 Å². The van der Waals surface area contributed by atoms with Gasteiger partial charge in [0, 0.05) is 18.4 Å². The molecule has 3 rings (SSSR count). The van der Waals surface area contributed by atoms with Crippen molar-refractivity contribution in [3.63, 3.8) is 0 Å². The summed E-state index contributed by atoms with van der Waals surface area (Å²) in [4.78, 5) is 27.7. The van der Waals surface area contributed by atoms with Gasteiger partial charge in [0.2, 0.25) is 5.91 Å². The second kappa shape index (κ2) is 9.45. The number of benzene rings is 2. The molecule has 144 valence electrons. The smallest absolute Gasteiger partial charge is 0.325 e. The van der Waals surface area contributed by atoms with E-state index in [1.54, 1.807) is 12.1 Å². The fraction of sp³-hybridized carbons (Fsp3) is 0.190. The lowest BCUT2D eigenvalue weighted by molar-refractivity contribution is -0.145. The van der Waals surface area contributed by atoms with E-state index < -0.39 is 5.97 Å². The van der Waals surface area contributed by atoms with Crippen LogP contribution in [0.5, 0.6) is 0 Å². The van der Waals surface area contributed by atoms with Gasteiger partial charge in [-0.2, -0.15) is 0 Å². The number of aromatic nitrogens is 1. The van der Waals surface area contributed by atoms with Crippen LogP contribution in [-0.4, -0.2) is 23.4 Å². The first-order chi connectivity index (χ1) is 13.6. The first-order valence-corrected chi connectivity index (χ1v) is 8.77. The fourth-order valence-corrected chi connectivity index (χ4v) is 2.44. The van der Waals surface area contributed by atoms with Crippen LogP contribution in [0.1, 0.15) is 17.9 Å². The molecule has 0 aliphatic carbocycles. The molecule has 1 N–H and O–H groups in total. The van der Waals surface area contributed by atoms with E-state index in [9.17, 15) is 14.0 Å². The highest BCUT2D eigenvalue weighted by molar-refractivity contribution is 5.81. The Morgan fingerprint density at radius 3 is 2.57 bits per heavy atom. The number of ether oxygens (including phenoxy) is 1. The zero-order valence-electron chi connectivity index (χ0n) is 15.1. The van der Waals surface area contributed by atoms with E-state index in [1.807, 2.05) is 30.3 Å². The summed E-state index contributed by atoms with van der Waals surface area (Å²) in [6.45, 7) is -0.0316. The van der Waals surface area contributed by atoms with Gasteiger partial charge < -0.3 is 14.5 Å². The highest BCUT2D eigenvalue weighted by Gasteiger charge is 2.11. The zero-order valence-corrected chi connectivity index (χ0v) is 15.1. The van der Waals surface area contributed by atoms with Gasteiger partial charge in [-0.05, 0) is 29.8 Å². The van der Waals surface area contributed by atoms with E-state index in [-0.39, 0.29) is 37.7 Å². The van der Waals surface area contributed by atoms with Crippen molar-refractivity contribution in [1.29, 1.82) is 0 Å². The molecule has 0 aliphatic heterocycles. The van der Waals surface area contributed by atoms with Crippen LogP contribution in [0.25, 0.3) is 11.3 Å².